The topological polar surface area (TPSA) is 131 Å². The normalized spacial score (nSPS) is 13.3. The fraction of sp³-hybridized carbons (Fsp3) is 0.393. The quantitative estimate of drug-likeness (QED) is 0.260. The molecule has 0 spiro atoms. The number of rotatable bonds is 11. The second-order valence-corrected chi connectivity index (χ2v) is 12.1. The van der Waals surface area contributed by atoms with E-state index in [1.807, 2.05) is 33.8 Å². The number of pyridine rings is 1. The van der Waals surface area contributed by atoms with Gasteiger partial charge in [-0.3, -0.25) is 9.55 Å². The summed E-state index contributed by atoms with van der Waals surface area (Å²) in [6.07, 6.45) is 5.52. The molecule has 0 N–H and O–H groups in total. The highest BCUT2D eigenvalue weighted by atomic mass is 32.2. The predicted octanol–water partition coefficient (Wildman–Crippen LogP) is 4.22. The van der Waals surface area contributed by atoms with Gasteiger partial charge in [-0.05, 0) is 63.9 Å². The van der Waals surface area contributed by atoms with Crippen LogP contribution in [0.3, 0.4) is 0 Å². The smallest absolute Gasteiger partial charge is 0.170 e. The summed E-state index contributed by atoms with van der Waals surface area (Å²) >= 11 is 0. The van der Waals surface area contributed by atoms with E-state index >= 15 is 0 Å². The van der Waals surface area contributed by atoms with Gasteiger partial charge in [-0.15, -0.1) is 10.2 Å². The van der Waals surface area contributed by atoms with Gasteiger partial charge in [-0.25, -0.2) is 18.4 Å². The second-order valence-electron chi connectivity index (χ2n) is 9.77. The zero-order valence-electron chi connectivity index (χ0n) is 23.7. The molecule has 0 saturated carbocycles. The van der Waals surface area contributed by atoms with Crippen molar-refractivity contribution in [1.29, 1.82) is 0 Å². The van der Waals surface area contributed by atoms with Gasteiger partial charge in [-0.2, -0.15) is 0 Å². The summed E-state index contributed by atoms with van der Waals surface area (Å²) in [6.45, 7) is 9.06. The molecule has 4 aromatic rings. The Morgan fingerprint density at radius 2 is 1.55 bits per heavy atom. The van der Waals surface area contributed by atoms with E-state index in [-0.39, 0.29) is 11.9 Å². The number of para-hydroxylation sites is 1. The van der Waals surface area contributed by atoms with Crippen molar-refractivity contribution in [1.82, 2.24) is 29.7 Å². The van der Waals surface area contributed by atoms with Crippen molar-refractivity contribution in [2.75, 3.05) is 14.2 Å². The molecule has 0 saturated heterocycles. The number of hydrogen-bond donors (Lipinski definition) is 0. The molecular formula is C28H34N6O5S. The first-order valence-corrected chi connectivity index (χ1v) is 14.5. The molecule has 0 amide bonds. The lowest BCUT2D eigenvalue weighted by Crippen LogP contribution is -2.32. The third-order valence-corrected chi connectivity index (χ3v) is 8.33. The molecule has 0 aliphatic rings. The van der Waals surface area contributed by atoms with E-state index < -0.39 is 26.9 Å². The van der Waals surface area contributed by atoms with Gasteiger partial charge < -0.3 is 14.2 Å². The zero-order chi connectivity index (χ0) is 29.0. The van der Waals surface area contributed by atoms with Crippen LogP contribution >= 0.6 is 0 Å². The first kappa shape index (κ1) is 29.1. The van der Waals surface area contributed by atoms with Crippen LogP contribution in [-0.2, 0) is 20.3 Å². The molecule has 3 aromatic heterocycles. The summed E-state index contributed by atoms with van der Waals surface area (Å²) < 4.78 is 46.9. The summed E-state index contributed by atoms with van der Waals surface area (Å²) in [5.74, 6) is 1.36. The molecule has 1 aromatic carbocycles. The number of aryl methyl sites for hydroxylation is 2. The van der Waals surface area contributed by atoms with Crippen LogP contribution in [0.2, 0.25) is 0 Å². The van der Waals surface area contributed by atoms with E-state index in [9.17, 15) is 8.42 Å². The number of methoxy groups -OCH3 is 2. The number of benzene rings is 1. The molecular weight excluding hydrogens is 532 g/mol. The summed E-state index contributed by atoms with van der Waals surface area (Å²) in [7, 11) is -0.824. The van der Waals surface area contributed by atoms with Gasteiger partial charge in [-0.1, -0.05) is 6.07 Å². The molecule has 0 aliphatic heterocycles. The monoisotopic (exact) mass is 566 g/mol. The Morgan fingerprint density at radius 1 is 0.900 bits per heavy atom. The summed E-state index contributed by atoms with van der Waals surface area (Å²) in [5.41, 5.74) is 2.91. The van der Waals surface area contributed by atoms with Crippen LogP contribution in [0.15, 0.2) is 49.1 Å². The Labute approximate surface area is 234 Å². The van der Waals surface area contributed by atoms with Gasteiger partial charge in [0.2, 0.25) is 0 Å². The second kappa shape index (κ2) is 12.1. The SMILES string of the molecule is COc1cccc(OC)c1-n1c(CS(=O)(=O)[C@@H](C)[C@H](OC(C)C)c2ncc(C)cn2)nnc1-c1cncc(C)c1. The van der Waals surface area contributed by atoms with E-state index in [1.54, 1.807) is 54.5 Å². The molecule has 3 heterocycles. The Morgan fingerprint density at radius 3 is 2.12 bits per heavy atom. The molecule has 11 nitrogen and oxygen atoms in total. The van der Waals surface area contributed by atoms with Crippen LogP contribution in [0.25, 0.3) is 17.1 Å². The number of nitrogens with zero attached hydrogens (tertiary/aromatic N) is 6. The highest BCUT2D eigenvalue weighted by molar-refractivity contribution is 7.91. The van der Waals surface area contributed by atoms with Gasteiger partial charge in [0.05, 0.1) is 25.6 Å². The third kappa shape index (κ3) is 6.13. The summed E-state index contributed by atoms with van der Waals surface area (Å²) in [6, 6.07) is 7.21. The molecule has 2 atom stereocenters. The van der Waals surface area contributed by atoms with E-state index in [2.05, 4.69) is 25.1 Å². The fourth-order valence-corrected chi connectivity index (χ4v) is 5.66. The maximum absolute atomic E-state index is 14.0. The lowest BCUT2D eigenvalue weighted by molar-refractivity contribution is 0.00141. The van der Waals surface area contributed by atoms with Crippen molar-refractivity contribution < 1.29 is 22.6 Å². The van der Waals surface area contributed by atoms with Crippen LogP contribution in [0.1, 0.15) is 49.7 Å². The lowest BCUT2D eigenvalue weighted by Gasteiger charge is -2.25. The van der Waals surface area contributed by atoms with Crippen LogP contribution < -0.4 is 9.47 Å². The van der Waals surface area contributed by atoms with Crippen LogP contribution in [0, 0.1) is 13.8 Å². The molecule has 0 radical (unpaired) electrons. The van der Waals surface area contributed by atoms with E-state index in [4.69, 9.17) is 14.2 Å². The third-order valence-electron chi connectivity index (χ3n) is 6.29. The van der Waals surface area contributed by atoms with Gasteiger partial charge in [0, 0.05) is 30.4 Å². The van der Waals surface area contributed by atoms with Crippen molar-refractivity contribution in [3.63, 3.8) is 0 Å². The minimum atomic E-state index is -3.89. The molecule has 0 bridgehead atoms. The number of sulfone groups is 1. The fourth-order valence-electron chi connectivity index (χ4n) is 4.29. The van der Waals surface area contributed by atoms with Gasteiger partial charge in [0.25, 0.3) is 0 Å². The Balaban J connectivity index is 1.85. The summed E-state index contributed by atoms with van der Waals surface area (Å²) in [5, 5.41) is 7.75. The Hall–Kier alpha value is -3.90. The van der Waals surface area contributed by atoms with Crippen molar-refractivity contribution in [3.05, 3.63) is 71.8 Å². The average molecular weight is 567 g/mol. The minimum Gasteiger partial charge on any atom is -0.494 e. The molecule has 0 fully saturated rings. The zero-order valence-corrected chi connectivity index (χ0v) is 24.5. The Kier molecular flexibility index (Phi) is 8.79. The van der Waals surface area contributed by atoms with Gasteiger partial charge >= 0.3 is 0 Å². The van der Waals surface area contributed by atoms with Crippen molar-refractivity contribution >= 4 is 9.84 Å². The molecule has 0 unspecified atom stereocenters. The number of ether oxygens (including phenoxy) is 3. The molecule has 212 valence electrons. The predicted molar refractivity (Wildman–Crippen MR) is 150 cm³/mol. The maximum atomic E-state index is 14.0. The first-order valence-electron chi connectivity index (χ1n) is 12.8. The first-order chi connectivity index (χ1) is 19.1. The largest absolute Gasteiger partial charge is 0.494 e. The van der Waals surface area contributed by atoms with Crippen LogP contribution in [0.4, 0.5) is 0 Å². The standard InChI is InChI=1S/C28H34N6O5S/c1-17(2)39-26(27-30-13-19(4)14-31-27)20(5)40(35,36)16-24-32-33-28(21-11-18(3)12-29-15-21)34(24)25-22(37-6)9-8-10-23(25)38-7/h8-15,17,20,26H,16H2,1-7H3/t20-,26-/m0/s1. The van der Waals surface area contributed by atoms with Crippen LogP contribution in [-0.4, -0.2) is 63.7 Å². The highest BCUT2D eigenvalue weighted by Crippen LogP contribution is 2.37. The van der Waals surface area contributed by atoms with Crippen molar-refractivity contribution in [2.45, 2.75) is 57.8 Å². The molecule has 0 aliphatic carbocycles. The number of aromatic nitrogens is 6. The molecule has 4 rings (SSSR count). The Bertz CT molecular complexity index is 1550. The molecule has 12 heteroatoms. The van der Waals surface area contributed by atoms with E-state index in [0.29, 0.717) is 34.4 Å². The number of hydrogen-bond acceptors (Lipinski definition) is 10. The van der Waals surface area contributed by atoms with E-state index in [1.165, 1.54) is 14.2 Å². The average Bonchev–Trinajstić information content (AvgIpc) is 3.33. The van der Waals surface area contributed by atoms with Gasteiger partial charge in [0.15, 0.2) is 27.3 Å². The van der Waals surface area contributed by atoms with E-state index in [0.717, 1.165) is 11.1 Å². The molecule has 40 heavy (non-hydrogen) atoms. The highest BCUT2D eigenvalue weighted by Gasteiger charge is 2.36. The summed E-state index contributed by atoms with van der Waals surface area (Å²) in [4.78, 5) is 13.0. The maximum Gasteiger partial charge on any atom is 0.170 e. The van der Waals surface area contributed by atoms with Crippen molar-refractivity contribution in [3.8, 4) is 28.6 Å². The minimum absolute atomic E-state index is 0.180. The van der Waals surface area contributed by atoms with Gasteiger partial charge in [0.1, 0.15) is 29.0 Å². The van der Waals surface area contributed by atoms with Crippen molar-refractivity contribution in [2.24, 2.45) is 0 Å². The lowest BCUT2D eigenvalue weighted by atomic mass is 10.2. The van der Waals surface area contributed by atoms with Crippen LogP contribution in [0.5, 0.6) is 11.5 Å².